The van der Waals surface area contributed by atoms with E-state index in [0.29, 0.717) is 26.2 Å². The number of hydrogen-bond donors (Lipinski definition) is 0. The van der Waals surface area contributed by atoms with Crippen LogP contribution in [0.25, 0.3) is 11.3 Å². The van der Waals surface area contributed by atoms with Crippen molar-refractivity contribution in [3.63, 3.8) is 0 Å². The number of methoxy groups -OCH3 is 1. The number of halogens is 2. The highest BCUT2D eigenvalue weighted by atomic mass is 35.5. The summed E-state index contributed by atoms with van der Waals surface area (Å²) in [4.78, 5) is 25.2. The van der Waals surface area contributed by atoms with E-state index in [1.807, 2.05) is 30.3 Å². The van der Waals surface area contributed by atoms with Crippen LogP contribution < -0.4 is 9.64 Å². The fourth-order valence-corrected chi connectivity index (χ4v) is 3.70. The summed E-state index contributed by atoms with van der Waals surface area (Å²) in [6.45, 7) is 2.04. The maximum atomic E-state index is 14.1. The van der Waals surface area contributed by atoms with Crippen LogP contribution in [0.2, 0.25) is 5.02 Å². The zero-order valence-corrected chi connectivity index (χ0v) is 17.1. The molecule has 4 rings (SSSR count). The third-order valence-corrected chi connectivity index (χ3v) is 5.40. The summed E-state index contributed by atoms with van der Waals surface area (Å²) in [6, 6.07) is 13.8. The van der Waals surface area contributed by atoms with Gasteiger partial charge in [-0.3, -0.25) is 4.79 Å². The SMILES string of the molecule is COc1cccc(-c2cc(N3CCN(C(=O)c4c(F)cccc4Cl)CC3)ncn2)c1. The third-order valence-electron chi connectivity index (χ3n) is 5.09. The Morgan fingerprint density at radius 2 is 1.83 bits per heavy atom. The summed E-state index contributed by atoms with van der Waals surface area (Å²) >= 11 is 6.04. The molecular weight excluding hydrogens is 407 g/mol. The third kappa shape index (κ3) is 4.07. The van der Waals surface area contributed by atoms with Crippen LogP contribution in [-0.2, 0) is 0 Å². The molecule has 0 unspecified atom stereocenters. The first kappa shape index (κ1) is 20.1. The van der Waals surface area contributed by atoms with E-state index in [4.69, 9.17) is 16.3 Å². The number of anilines is 1. The van der Waals surface area contributed by atoms with Crippen LogP contribution in [0.15, 0.2) is 54.9 Å². The number of rotatable bonds is 4. The second kappa shape index (κ2) is 8.67. The lowest BCUT2D eigenvalue weighted by Crippen LogP contribution is -2.49. The second-order valence-corrected chi connectivity index (χ2v) is 7.28. The van der Waals surface area contributed by atoms with Gasteiger partial charge in [0, 0.05) is 37.8 Å². The first-order chi connectivity index (χ1) is 14.6. The Morgan fingerprint density at radius 1 is 1.07 bits per heavy atom. The number of carbonyl (C=O) groups is 1. The fourth-order valence-electron chi connectivity index (χ4n) is 3.46. The molecule has 1 fully saturated rings. The quantitative estimate of drug-likeness (QED) is 0.633. The minimum atomic E-state index is -0.603. The van der Waals surface area contributed by atoms with Crippen molar-refractivity contribution in [3.05, 3.63) is 71.3 Å². The number of ether oxygens (including phenoxy) is 1. The van der Waals surface area contributed by atoms with Gasteiger partial charge >= 0.3 is 0 Å². The van der Waals surface area contributed by atoms with Gasteiger partial charge in [-0.2, -0.15) is 0 Å². The van der Waals surface area contributed by atoms with Gasteiger partial charge in [-0.05, 0) is 24.3 Å². The highest BCUT2D eigenvalue weighted by Crippen LogP contribution is 2.26. The predicted octanol–water partition coefficient (Wildman–Crippen LogP) is 3.91. The fraction of sp³-hybridized carbons (Fsp3) is 0.227. The summed E-state index contributed by atoms with van der Waals surface area (Å²) in [5.41, 5.74) is 1.64. The Kier molecular flexibility index (Phi) is 5.81. The first-order valence-electron chi connectivity index (χ1n) is 9.51. The van der Waals surface area contributed by atoms with Crippen molar-refractivity contribution in [1.29, 1.82) is 0 Å². The van der Waals surface area contributed by atoms with Crippen LogP contribution in [0.1, 0.15) is 10.4 Å². The van der Waals surface area contributed by atoms with Crippen molar-refractivity contribution in [2.75, 3.05) is 38.2 Å². The van der Waals surface area contributed by atoms with E-state index in [1.54, 1.807) is 12.0 Å². The van der Waals surface area contributed by atoms with E-state index in [0.717, 1.165) is 22.8 Å². The monoisotopic (exact) mass is 426 g/mol. The molecule has 8 heteroatoms. The van der Waals surface area contributed by atoms with E-state index in [2.05, 4.69) is 14.9 Å². The molecule has 1 aliphatic rings. The molecular formula is C22H20ClFN4O2. The molecule has 1 saturated heterocycles. The first-order valence-corrected chi connectivity index (χ1v) is 9.89. The Morgan fingerprint density at radius 3 is 2.57 bits per heavy atom. The lowest BCUT2D eigenvalue weighted by molar-refractivity contribution is 0.0742. The molecule has 3 aromatic rings. The molecule has 1 aliphatic heterocycles. The smallest absolute Gasteiger partial charge is 0.258 e. The molecule has 30 heavy (non-hydrogen) atoms. The summed E-state index contributed by atoms with van der Waals surface area (Å²) in [5, 5.41) is 0.126. The Hall–Kier alpha value is -3.19. The minimum Gasteiger partial charge on any atom is -0.497 e. The molecule has 0 aliphatic carbocycles. The number of amides is 1. The van der Waals surface area contributed by atoms with Gasteiger partial charge in [0.2, 0.25) is 0 Å². The van der Waals surface area contributed by atoms with Gasteiger partial charge in [-0.25, -0.2) is 14.4 Å². The van der Waals surface area contributed by atoms with Crippen LogP contribution in [0.3, 0.4) is 0 Å². The summed E-state index contributed by atoms with van der Waals surface area (Å²) in [5.74, 6) is 0.539. The average molecular weight is 427 g/mol. The van der Waals surface area contributed by atoms with Crippen LogP contribution >= 0.6 is 11.6 Å². The Labute approximate surface area is 178 Å². The molecule has 0 bridgehead atoms. The average Bonchev–Trinajstić information content (AvgIpc) is 2.79. The van der Waals surface area contributed by atoms with Crippen molar-refractivity contribution >= 4 is 23.3 Å². The van der Waals surface area contributed by atoms with Gasteiger partial charge in [0.15, 0.2) is 0 Å². The molecule has 6 nitrogen and oxygen atoms in total. The molecule has 154 valence electrons. The van der Waals surface area contributed by atoms with E-state index >= 15 is 0 Å². The van der Waals surface area contributed by atoms with Crippen molar-refractivity contribution in [2.24, 2.45) is 0 Å². The molecule has 0 N–H and O–H groups in total. The number of piperazine rings is 1. The van der Waals surface area contributed by atoms with Gasteiger partial charge in [-0.15, -0.1) is 0 Å². The molecule has 0 radical (unpaired) electrons. The zero-order valence-electron chi connectivity index (χ0n) is 16.4. The highest BCUT2D eigenvalue weighted by molar-refractivity contribution is 6.33. The molecule has 0 atom stereocenters. The van der Waals surface area contributed by atoms with Crippen LogP contribution in [0.5, 0.6) is 5.75 Å². The highest BCUT2D eigenvalue weighted by Gasteiger charge is 2.26. The lowest BCUT2D eigenvalue weighted by Gasteiger charge is -2.35. The van der Waals surface area contributed by atoms with Gasteiger partial charge in [0.05, 0.1) is 23.4 Å². The maximum absolute atomic E-state index is 14.1. The van der Waals surface area contributed by atoms with Crippen molar-refractivity contribution in [2.45, 2.75) is 0 Å². The molecule has 0 saturated carbocycles. The number of aromatic nitrogens is 2. The van der Waals surface area contributed by atoms with Gasteiger partial charge < -0.3 is 14.5 Å². The molecule has 2 aromatic carbocycles. The maximum Gasteiger partial charge on any atom is 0.258 e. The number of carbonyl (C=O) groups excluding carboxylic acids is 1. The number of benzene rings is 2. The molecule has 1 amide bonds. The topological polar surface area (TPSA) is 58.6 Å². The number of hydrogen-bond acceptors (Lipinski definition) is 5. The van der Waals surface area contributed by atoms with Gasteiger partial charge in [0.25, 0.3) is 5.91 Å². The van der Waals surface area contributed by atoms with E-state index in [-0.39, 0.29) is 10.6 Å². The summed E-state index contributed by atoms with van der Waals surface area (Å²) in [7, 11) is 1.62. The van der Waals surface area contributed by atoms with Crippen LogP contribution in [0.4, 0.5) is 10.2 Å². The Balaban J connectivity index is 1.47. The second-order valence-electron chi connectivity index (χ2n) is 6.87. The van der Waals surface area contributed by atoms with Crippen LogP contribution in [0, 0.1) is 5.82 Å². The normalized spacial score (nSPS) is 14.0. The standard InChI is InChI=1S/C22H20ClFN4O2/c1-30-16-5-2-4-15(12-16)19-13-20(26-14-25-19)27-8-10-28(11-9-27)22(29)21-17(23)6-3-7-18(21)24/h2-7,12-14H,8-11H2,1H3. The van der Waals surface area contributed by atoms with Crippen molar-refractivity contribution in [3.8, 4) is 17.0 Å². The molecule has 0 spiro atoms. The molecule has 1 aromatic heterocycles. The zero-order chi connectivity index (χ0) is 21.1. The van der Waals surface area contributed by atoms with Crippen molar-refractivity contribution < 1.29 is 13.9 Å². The summed E-state index contributed by atoms with van der Waals surface area (Å²) in [6.07, 6.45) is 1.53. The largest absolute Gasteiger partial charge is 0.497 e. The minimum absolute atomic E-state index is 0.0741. The predicted molar refractivity (Wildman–Crippen MR) is 114 cm³/mol. The molecule has 2 heterocycles. The summed E-state index contributed by atoms with van der Waals surface area (Å²) < 4.78 is 19.4. The van der Waals surface area contributed by atoms with Gasteiger partial charge in [-0.1, -0.05) is 29.8 Å². The Bertz CT molecular complexity index is 1050. The van der Waals surface area contributed by atoms with Gasteiger partial charge in [0.1, 0.15) is 23.7 Å². The number of nitrogens with zero attached hydrogens (tertiary/aromatic N) is 4. The van der Waals surface area contributed by atoms with Crippen molar-refractivity contribution in [1.82, 2.24) is 14.9 Å². The van der Waals surface area contributed by atoms with Crippen LogP contribution in [-0.4, -0.2) is 54.1 Å². The van der Waals surface area contributed by atoms with E-state index in [9.17, 15) is 9.18 Å². The van der Waals surface area contributed by atoms with E-state index < -0.39 is 11.7 Å². The van der Waals surface area contributed by atoms with E-state index in [1.165, 1.54) is 24.5 Å². The lowest BCUT2D eigenvalue weighted by atomic mass is 10.1.